The molecule has 7 heteroatoms. The second-order valence-corrected chi connectivity index (χ2v) is 5.73. The van der Waals surface area contributed by atoms with Crippen molar-refractivity contribution in [1.82, 2.24) is 25.0 Å². The second-order valence-electron chi connectivity index (χ2n) is 5.73. The van der Waals surface area contributed by atoms with E-state index in [-0.39, 0.29) is 0 Å². The minimum absolute atomic E-state index is 0.470. The first-order valence-corrected chi connectivity index (χ1v) is 7.83. The van der Waals surface area contributed by atoms with Crippen LogP contribution in [0, 0.1) is 0 Å². The van der Waals surface area contributed by atoms with Crippen molar-refractivity contribution >= 4 is 17.1 Å². The summed E-state index contributed by atoms with van der Waals surface area (Å²) in [5.41, 5.74) is 2.27. The maximum absolute atomic E-state index is 5.19. The van der Waals surface area contributed by atoms with E-state index in [2.05, 4.69) is 25.6 Å². The van der Waals surface area contributed by atoms with Crippen LogP contribution in [0.15, 0.2) is 30.5 Å². The van der Waals surface area contributed by atoms with E-state index in [4.69, 9.17) is 4.74 Å². The van der Waals surface area contributed by atoms with Gasteiger partial charge in [0.2, 0.25) is 5.95 Å². The predicted molar refractivity (Wildman–Crippen MR) is 86.9 cm³/mol. The van der Waals surface area contributed by atoms with Gasteiger partial charge < -0.3 is 10.1 Å². The summed E-state index contributed by atoms with van der Waals surface area (Å²) in [6.07, 6.45) is 6.61. The van der Waals surface area contributed by atoms with Gasteiger partial charge in [0.25, 0.3) is 0 Å². The number of anilines is 1. The molecule has 1 aliphatic carbocycles. The number of hydrogen-bond donors (Lipinski definition) is 1. The lowest BCUT2D eigenvalue weighted by Gasteiger charge is -2.11. The van der Waals surface area contributed by atoms with Crippen molar-refractivity contribution < 1.29 is 4.74 Å². The zero-order valence-corrected chi connectivity index (χ0v) is 12.9. The van der Waals surface area contributed by atoms with Crippen LogP contribution in [-0.4, -0.2) is 38.1 Å². The molecule has 0 spiro atoms. The Hall–Kier alpha value is -2.70. The Morgan fingerprint density at radius 3 is 2.70 bits per heavy atom. The van der Waals surface area contributed by atoms with E-state index in [1.807, 2.05) is 24.3 Å². The Kier molecular flexibility index (Phi) is 3.53. The molecule has 0 radical (unpaired) electrons. The topological polar surface area (TPSA) is 77.8 Å². The molecule has 23 heavy (non-hydrogen) atoms. The number of fused-ring (bicyclic) bond motifs is 1. The molecular weight excluding hydrogens is 292 g/mol. The first kappa shape index (κ1) is 13.9. The van der Waals surface area contributed by atoms with Gasteiger partial charge in [-0.05, 0) is 37.1 Å². The summed E-state index contributed by atoms with van der Waals surface area (Å²) in [4.78, 5) is 8.95. The highest BCUT2D eigenvalue weighted by Gasteiger charge is 2.17. The third kappa shape index (κ3) is 2.69. The Balaban J connectivity index is 1.68. The first-order valence-electron chi connectivity index (χ1n) is 7.83. The molecule has 2 aromatic heterocycles. The van der Waals surface area contributed by atoms with Crippen LogP contribution in [0.1, 0.15) is 25.7 Å². The standard InChI is InChI=1S/C16H18N6O/c1-23-13-8-6-12(7-9-13)22-15-14(20-21-22)10-17-16(19-15)18-11-4-2-3-5-11/h6-11H,2-5H2,1H3,(H,17,18,19). The molecule has 0 aliphatic heterocycles. The lowest BCUT2D eigenvalue weighted by molar-refractivity contribution is 0.414. The Morgan fingerprint density at radius 1 is 1.17 bits per heavy atom. The molecule has 0 unspecified atom stereocenters. The summed E-state index contributed by atoms with van der Waals surface area (Å²) in [6.45, 7) is 0. The molecule has 1 saturated carbocycles. The molecule has 1 aromatic carbocycles. The largest absolute Gasteiger partial charge is 0.497 e. The van der Waals surface area contributed by atoms with Crippen LogP contribution in [0.2, 0.25) is 0 Å². The summed E-state index contributed by atoms with van der Waals surface area (Å²) in [5.74, 6) is 1.44. The zero-order chi connectivity index (χ0) is 15.6. The second kappa shape index (κ2) is 5.83. The molecule has 1 fully saturated rings. The molecule has 4 rings (SSSR count). The number of hydrogen-bond acceptors (Lipinski definition) is 6. The van der Waals surface area contributed by atoms with Crippen molar-refractivity contribution in [2.45, 2.75) is 31.7 Å². The van der Waals surface area contributed by atoms with Gasteiger partial charge in [-0.1, -0.05) is 18.1 Å². The van der Waals surface area contributed by atoms with E-state index in [0.29, 0.717) is 23.2 Å². The lowest BCUT2D eigenvalue weighted by Crippen LogP contribution is -2.16. The fraction of sp³-hybridized carbons (Fsp3) is 0.375. The van der Waals surface area contributed by atoms with E-state index in [0.717, 1.165) is 11.4 Å². The number of aromatic nitrogens is 5. The van der Waals surface area contributed by atoms with E-state index in [1.165, 1.54) is 25.7 Å². The molecule has 118 valence electrons. The molecule has 0 saturated heterocycles. The quantitative estimate of drug-likeness (QED) is 0.798. The van der Waals surface area contributed by atoms with Crippen molar-refractivity contribution in [3.05, 3.63) is 30.5 Å². The van der Waals surface area contributed by atoms with Gasteiger partial charge in [-0.3, -0.25) is 0 Å². The number of nitrogens with one attached hydrogen (secondary N) is 1. The molecule has 0 bridgehead atoms. The van der Waals surface area contributed by atoms with Crippen molar-refractivity contribution in [1.29, 1.82) is 0 Å². The summed E-state index contributed by atoms with van der Waals surface area (Å²) >= 11 is 0. The van der Waals surface area contributed by atoms with Crippen molar-refractivity contribution in [3.8, 4) is 11.4 Å². The maximum atomic E-state index is 5.19. The van der Waals surface area contributed by atoms with Gasteiger partial charge in [0.05, 0.1) is 19.0 Å². The van der Waals surface area contributed by atoms with Gasteiger partial charge in [0.1, 0.15) is 5.75 Å². The molecule has 2 heterocycles. The van der Waals surface area contributed by atoms with E-state index < -0.39 is 0 Å². The molecule has 3 aromatic rings. The van der Waals surface area contributed by atoms with Gasteiger partial charge in [0, 0.05) is 6.04 Å². The Labute approximate surface area is 133 Å². The van der Waals surface area contributed by atoms with Crippen molar-refractivity contribution in [3.63, 3.8) is 0 Å². The van der Waals surface area contributed by atoms with Crippen LogP contribution in [0.4, 0.5) is 5.95 Å². The lowest BCUT2D eigenvalue weighted by atomic mass is 10.2. The van der Waals surface area contributed by atoms with Crippen LogP contribution in [0.3, 0.4) is 0 Å². The molecule has 0 amide bonds. The number of nitrogens with zero attached hydrogens (tertiary/aromatic N) is 5. The zero-order valence-electron chi connectivity index (χ0n) is 12.9. The van der Waals surface area contributed by atoms with Gasteiger partial charge in [-0.25, -0.2) is 4.98 Å². The fourth-order valence-electron chi connectivity index (χ4n) is 2.95. The molecule has 1 N–H and O–H groups in total. The number of rotatable bonds is 4. The average molecular weight is 310 g/mol. The first-order chi connectivity index (χ1) is 11.3. The molecule has 0 atom stereocenters. The van der Waals surface area contributed by atoms with Gasteiger partial charge in [-0.2, -0.15) is 9.67 Å². The minimum atomic E-state index is 0.470. The SMILES string of the molecule is COc1ccc(-n2nnc3cnc(NC4CCCC4)nc32)cc1. The van der Waals surface area contributed by atoms with Crippen LogP contribution in [0.5, 0.6) is 5.75 Å². The van der Waals surface area contributed by atoms with Crippen LogP contribution >= 0.6 is 0 Å². The maximum Gasteiger partial charge on any atom is 0.225 e. The van der Waals surface area contributed by atoms with Gasteiger partial charge in [-0.15, -0.1) is 5.10 Å². The van der Waals surface area contributed by atoms with Crippen LogP contribution < -0.4 is 10.1 Å². The van der Waals surface area contributed by atoms with E-state index in [9.17, 15) is 0 Å². The predicted octanol–water partition coefficient (Wildman–Crippen LogP) is 2.57. The molecular formula is C16H18N6O. The number of benzene rings is 1. The fourth-order valence-corrected chi connectivity index (χ4v) is 2.95. The van der Waals surface area contributed by atoms with Crippen molar-refractivity contribution in [2.75, 3.05) is 12.4 Å². The average Bonchev–Trinajstić information content (AvgIpc) is 3.24. The smallest absolute Gasteiger partial charge is 0.225 e. The van der Waals surface area contributed by atoms with Gasteiger partial charge in [0.15, 0.2) is 11.2 Å². The van der Waals surface area contributed by atoms with Crippen LogP contribution in [-0.2, 0) is 0 Å². The molecule has 7 nitrogen and oxygen atoms in total. The summed E-state index contributed by atoms with van der Waals surface area (Å²) in [5, 5.41) is 11.7. The molecule has 1 aliphatic rings. The summed E-state index contributed by atoms with van der Waals surface area (Å²) < 4.78 is 6.91. The third-order valence-corrected chi connectivity index (χ3v) is 4.20. The highest BCUT2D eigenvalue weighted by Crippen LogP contribution is 2.22. The summed E-state index contributed by atoms with van der Waals surface area (Å²) in [6, 6.07) is 8.11. The monoisotopic (exact) mass is 310 g/mol. The van der Waals surface area contributed by atoms with E-state index in [1.54, 1.807) is 18.0 Å². The van der Waals surface area contributed by atoms with E-state index >= 15 is 0 Å². The highest BCUT2D eigenvalue weighted by atomic mass is 16.5. The summed E-state index contributed by atoms with van der Waals surface area (Å²) in [7, 11) is 1.65. The Morgan fingerprint density at radius 2 is 1.96 bits per heavy atom. The van der Waals surface area contributed by atoms with Gasteiger partial charge >= 0.3 is 0 Å². The Bertz CT molecular complexity index is 807. The third-order valence-electron chi connectivity index (χ3n) is 4.20. The minimum Gasteiger partial charge on any atom is -0.497 e. The number of methoxy groups -OCH3 is 1. The van der Waals surface area contributed by atoms with Crippen molar-refractivity contribution in [2.24, 2.45) is 0 Å². The highest BCUT2D eigenvalue weighted by molar-refractivity contribution is 5.72. The van der Waals surface area contributed by atoms with Crippen LogP contribution in [0.25, 0.3) is 16.9 Å². The number of ether oxygens (including phenoxy) is 1. The normalized spacial score (nSPS) is 15.2.